The van der Waals surface area contributed by atoms with Gasteiger partial charge in [-0.3, -0.25) is 14.3 Å². The molecule has 174 valence electrons. The summed E-state index contributed by atoms with van der Waals surface area (Å²) in [4.78, 5) is 27.6. The average molecular weight is 452 g/mol. The Morgan fingerprint density at radius 1 is 1.18 bits per heavy atom. The topological polar surface area (TPSA) is 102 Å². The number of benzene rings is 1. The molecule has 1 N–H and O–H groups in total. The number of hydrogen-bond donors (Lipinski definition) is 1. The van der Waals surface area contributed by atoms with E-state index in [1.165, 1.54) is 0 Å². The first kappa shape index (κ1) is 22.7. The Labute approximate surface area is 192 Å². The molecule has 2 amide bonds. The molecule has 1 unspecified atom stereocenters. The highest BCUT2D eigenvalue weighted by molar-refractivity contribution is 5.93. The van der Waals surface area contributed by atoms with Gasteiger partial charge < -0.3 is 19.5 Å². The maximum atomic E-state index is 13.4. The molecule has 2 aromatic heterocycles. The lowest BCUT2D eigenvalue weighted by Crippen LogP contribution is -2.43. The van der Waals surface area contributed by atoms with Crippen LogP contribution >= 0.6 is 0 Å². The first-order valence-corrected chi connectivity index (χ1v) is 11.0. The summed E-state index contributed by atoms with van der Waals surface area (Å²) in [6.07, 6.45) is 0. The quantitative estimate of drug-likeness (QED) is 0.640. The Hall–Kier alpha value is -3.46. The van der Waals surface area contributed by atoms with Gasteiger partial charge in [0.2, 0.25) is 0 Å². The van der Waals surface area contributed by atoms with Gasteiger partial charge in [0.05, 0.1) is 18.9 Å². The van der Waals surface area contributed by atoms with Crippen molar-refractivity contribution in [2.24, 2.45) is 7.05 Å². The van der Waals surface area contributed by atoms with Crippen molar-refractivity contribution in [1.82, 2.24) is 25.2 Å². The fourth-order valence-corrected chi connectivity index (χ4v) is 3.69. The van der Waals surface area contributed by atoms with Crippen molar-refractivity contribution in [2.75, 3.05) is 19.8 Å². The molecule has 3 aromatic rings. The minimum absolute atomic E-state index is 0.162. The lowest BCUT2D eigenvalue weighted by molar-refractivity contribution is -0.0108. The van der Waals surface area contributed by atoms with Crippen LogP contribution in [0, 0.1) is 0 Å². The number of nitrogens with one attached hydrogen (secondary N) is 1. The molecule has 0 spiro atoms. The van der Waals surface area contributed by atoms with Crippen LogP contribution < -0.4 is 5.32 Å². The summed E-state index contributed by atoms with van der Waals surface area (Å²) in [5.41, 5.74) is 2.31. The molecule has 4 rings (SSSR count). The molecule has 0 aliphatic carbocycles. The molecule has 0 radical (unpaired) electrons. The lowest BCUT2D eigenvalue weighted by Gasteiger charge is -2.33. The molecule has 1 fully saturated rings. The molecular weight excluding hydrogens is 422 g/mol. The standard InChI is InChI=1S/C24H29N5O4/c1-24(2,3)21-13-18(28(4)26-21)23(31)29-10-11-32-15-19(29)20-12-17(27-33-20)22(30)25-14-16-8-6-5-7-9-16/h5-9,12-13,19H,10-11,14-15H2,1-4H3,(H,25,30). The van der Waals surface area contributed by atoms with E-state index in [0.29, 0.717) is 31.2 Å². The number of carbonyl (C=O) groups is 2. The van der Waals surface area contributed by atoms with Crippen molar-refractivity contribution < 1.29 is 18.8 Å². The second-order valence-corrected chi connectivity index (χ2v) is 9.16. The number of amides is 2. The number of hydrogen-bond acceptors (Lipinski definition) is 6. The fourth-order valence-electron chi connectivity index (χ4n) is 3.69. The SMILES string of the molecule is Cn1nc(C(C)(C)C)cc1C(=O)N1CCOCC1c1cc(C(=O)NCc2ccccc2)no1. The van der Waals surface area contributed by atoms with E-state index >= 15 is 0 Å². The number of carbonyl (C=O) groups excluding carboxylic acids is 2. The number of aryl methyl sites for hydroxylation is 1. The van der Waals surface area contributed by atoms with E-state index in [4.69, 9.17) is 9.26 Å². The van der Waals surface area contributed by atoms with Crippen molar-refractivity contribution in [1.29, 1.82) is 0 Å². The van der Waals surface area contributed by atoms with Crippen LogP contribution in [0.4, 0.5) is 0 Å². The molecule has 3 heterocycles. The van der Waals surface area contributed by atoms with Crippen LogP contribution in [0.1, 0.15) is 64.8 Å². The molecular formula is C24H29N5O4. The lowest BCUT2D eigenvalue weighted by atomic mass is 9.92. The highest BCUT2D eigenvalue weighted by Gasteiger charge is 2.34. The number of morpholine rings is 1. The van der Waals surface area contributed by atoms with Crippen LogP contribution in [0.3, 0.4) is 0 Å². The van der Waals surface area contributed by atoms with Crippen LogP contribution in [-0.4, -0.2) is 51.4 Å². The number of rotatable bonds is 5. The first-order valence-electron chi connectivity index (χ1n) is 11.0. The molecule has 0 saturated carbocycles. The zero-order valence-corrected chi connectivity index (χ0v) is 19.4. The largest absolute Gasteiger partial charge is 0.377 e. The van der Waals surface area contributed by atoms with E-state index in [1.54, 1.807) is 22.7 Å². The molecule has 1 saturated heterocycles. The molecule has 9 heteroatoms. The summed E-state index contributed by atoms with van der Waals surface area (Å²) in [6, 6.07) is 12.5. The zero-order chi connectivity index (χ0) is 23.6. The number of ether oxygens (including phenoxy) is 1. The second-order valence-electron chi connectivity index (χ2n) is 9.16. The Kier molecular flexibility index (Phi) is 6.33. The maximum absolute atomic E-state index is 13.4. The normalized spacial score (nSPS) is 16.6. The van der Waals surface area contributed by atoms with Gasteiger partial charge in [-0.25, -0.2) is 0 Å². The van der Waals surface area contributed by atoms with E-state index < -0.39 is 6.04 Å². The molecule has 1 aromatic carbocycles. The third-order valence-electron chi connectivity index (χ3n) is 5.64. The van der Waals surface area contributed by atoms with Crippen molar-refractivity contribution >= 4 is 11.8 Å². The Morgan fingerprint density at radius 2 is 1.94 bits per heavy atom. The minimum Gasteiger partial charge on any atom is -0.377 e. The summed E-state index contributed by atoms with van der Waals surface area (Å²) in [7, 11) is 1.77. The van der Waals surface area contributed by atoms with E-state index in [9.17, 15) is 9.59 Å². The third-order valence-corrected chi connectivity index (χ3v) is 5.64. The van der Waals surface area contributed by atoms with E-state index in [2.05, 4.69) is 36.3 Å². The van der Waals surface area contributed by atoms with Crippen LogP contribution in [0.2, 0.25) is 0 Å². The molecule has 9 nitrogen and oxygen atoms in total. The number of aromatic nitrogens is 3. The van der Waals surface area contributed by atoms with Gasteiger partial charge in [-0.1, -0.05) is 56.3 Å². The summed E-state index contributed by atoms with van der Waals surface area (Å²) in [5.74, 6) is -0.101. The Balaban J connectivity index is 1.50. The average Bonchev–Trinajstić information content (AvgIpc) is 3.45. The highest BCUT2D eigenvalue weighted by atomic mass is 16.5. The van der Waals surface area contributed by atoms with Crippen molar-refractivity contribution in [3.8, 4) is 0 Å². The second kappa shape index (κ2) is 9.19. The van der Waals surface area contributed by atoms with Crippen molar-refractivity contribution in [3.05, 3.63) is 70.9 Å². The van der Waals surface area contributed by atoms with Gasteiger partial charge in [0, 0.05) is 31.6 Å². The van der Waals surface area contributed by atoms with Gasteiger partial charge in [-0.2, -0.15) is 5.10 Å². The van der Waals surface area contributed by atoms with Crippen molar-refractivity contribution in [3.63, 3.8) is 0 Å². The van der Waals surface area contributed by atoms with Gasteiger partial charge in [-0.05, 0) is 11.6 Å². The molecule has 1 aliphatic heterocycles. The van der Waals surface area contributed by atoms with Gasteiger partial charge in [0.25, 0.3) is 11.8 Å². The van der Waals surface area contributed by atoms with Gasteiger partial charge >= 0.3 is 0 Å². The zero-order valence-electron chi connectivity index (χ0n) is 19.4. The van der Waals surface area contributed by atoms with Gasteiger partial charge in [0.1, 0.15) is 11.7 Å². The van der Waals surface area contributed by atoms with Crippen LogP contribution in [0.25, 0.3) is 0 Å². The van der Waals surface area contributed by atoms with E-state index in [-0.39, 0.29) is 29.5 Å². The third kappa shape index (κ3) is 4.98. The summed E-state index contributed by atoms with van der Waals surface area (Å²) in [6.45, 7) is 7.63. The monoisotopic (exact) mass is 451 g/mol. The summed E-state index contributed by atoms with van der Waals surface area (Å²) >= 11 is 0. The highest BCUT2D eigenvalue weighted by Crippen LogP contribution is 2.28. The maximum Gasteiger partial charge on any atom is 0.273 e. The van der Waals surface area contributed by atoms with Crippen LogP contribution in [0.5, 0.6) is 0 Å². The molecule has 1 atom stereocenters. The Morgan fingerprint density at radius 3 is 2.64 bits per heavy atom. The predicted octanol–water partition coefficient (Wildman–Crippen LogP) is 2.85. The number of nitrogens with zero attached hydrogens (tertiary/aromatic N) is 4. The summed E-state index contributed by atoms with van der Waals surface area (Å²) in [5, 5.41) is 11.3. The summed E-state index contributed by atoms with van der Waals surface area (Å²) < 4.78 is 12.7. The van der Waals surface area contributed by atoms with Crippen molar-refractivity contribution in [2.45, 2.75) is 38.8 Å². The first-order chi connectivity index (χ1) is 15.7. The molecule has 0 bridgehead atoms. The van der Waals surface area contributed by atoms with Crippen LogP contribution in [0.15, 0.2) is 47.0 Å². The fraction of sp³-hybridized carbons (Fsp3) is 0.417. The van der Waals surface area contributed by atoms with Gasteiger partial charge in [0.15, 0.2) is 11.5 Å². The Bertz CT molecular complexity index is 1130. The molecule has 33 heavy (non-hydrogen) atoms. The molecule has 1 aliphatic rings. The minimum atomic E-state index is -0.484. The van der Waals surface area contributed by atoms with Crippen LogP contribution in [-0.2, 0) is 23.7 Å². The predicted molar refractivity (Wildman–Crippen MR) is 121 cm³/mol. The van der Waals surface area contributed by atoms with E-state index in [1.807, 2.05) is 36.4 Å². The van der Waals surface area contributed by atoms with Gasteiger partial charge in [-0.15, -0.1) is 0 Å². The smallest absolute Gasteiger partial charge is 0.273 e. The van der Waals surface area contributed by atoms with E-state index in [0.717, 1.165) is 11.3 Å².